The molecule has 0 unspecified atom stereocenters. The molecule has 2 amide bonds. The largest absolute Gasteiger partial charge is 0.347 e. The second kappa shape index (κ2) is 8.17. The molecule has 0 atom stereocenters. The predicted molar refractivity (Wildman–Crippen MR) is 114 cm³/mol. The summed E-state index contributed by atoms with van der Waals surface area (Å²) in [6.07, 6.45) is 1.95. The number of halogens is 1. The maximum Gasteiger partial charge on any atom is 0.261 e. The first-order valence-electron chi connectivity index (χ1n) is 9.12. The maximum atomic E-state index is 12.5. The van der Waals surface area contributed by atoms with Crippen LogP contribution in [0.4, 0.5) is 5.69 Å². The average molecular weight is 411 g/mol. The second-order valence-electron chi connectivity index (χ2n) is 6.82. The summed E-state index contributed by atoms with van der Waals surface area (Å²) in [5, 5.41) is 6.56. The smallest absolute Gasteiger partial charge is 0.261 e. The summed E-state index contributed by atoms with van der Waals surface area (Å²) in [5.41, 5.74) is 2.74. The lowest BCUT2D eigenvalue weighted by Gasteiger charge is -2.08. The fourth-order valence-corrected chi connectivity index (χ4v) is 3.90. The first kappa shape index (κ1) is 18.7. The minimum Gasteiger partial charge on any atom is -0.347 e. The second-order valence-corrected chi connectivity index (χ2v) is 8.34. The molecule has 1 heterocycles. The van der Waals surface area contributed by atoms with Gasteiger partial charge in [-0.1, -0.05) is 35.9 Å². The molecule has 2 aromatic carbocycles. The Labute approximate surface area is 172 Å². The quantitative estimate of drug-likeness (QED) is 0.575. The van der Waals surface area contributed by atoms with Gasteiger partial charge in [0.1, 0.15) is 0 Å². The van der Waals surface area contributed by atoms with Gasteiger partial charge in [0.05, 0.1) is 4.88 Å². The van der Waals surface area contributed by atoms with Gasteiger partial charge in [0, 0.05) is 28.0 Å². The fraction of sp³-hybridized carbons (Fsp3) is 0.182. The highest BCUT2D eigenvalue weighted by molar-refractivity contribution is 7.17. The Morgan fingerprint density at radius 2 is 1.82 bits per heavy atom. The van der Waals surface area contributed by atoms with E-state index in [4.69, 9.17) is 11.6 Å². The third-order valence-corrected chi connectivity index (χ3v) is 5.94. The minimum atomic E-state index is -0.113. The van der Waals surface area contributed by atoms with Crippen LogP contribution in [0.3, 0.4) is 0 Å². The Kier molecular flexibility index (Phi) is 5.46. The van der Waals surface area contributed by atoms with E-state index in [0.717, 1.165) is 34.5 Å². The molecule has 6 heteroatoms. The average Bonchev–Trinajstić information content (AvgIpc) is 3.44. The Bertz CT molecular complexity index is 1010. The van der Waals surface area contributed by atoms with Crippen molar-refractivity contribution in [3.05, 3.63) is 76.1 Å². The van der Waals surface area contributed by atoms with Gasteiger partial charge >= 0.3 is 0 Å². The van der Waals surface area contributed by atoms with Crippen molar-refractivity contribution in [3.63, 3.8) is 0 Å². The van der Waals surface area contributed by atoms with Crippen LogP contribution >= 0.6 is 22.9 Å². The summed E-state index contributed by atoms with van der Waals surface area (Å²) in [6.45, 7) is 0.403. The molecule has 3 aromatic rings. The molecule has 0 radical (unpaired) electrons. The van der Waals surface area contributed by atoms with Crippen molar-refractivity contribution in [1.82, 2.24) is 5.32 Å². The number of hydrogen-bond donors (Lipinski definition) is 2. The molecule has 4 rings (SSSR count). The van der Waals surface area contributed by atoms with Gasteiger partial charge in [0.25, 0.3) is 5.91 Å². The van der Waals surface area contributed by atoms with E-state index < -0.39 is 0 Å². The third-order valence-electron chi connectivity index (χ3n) is 4.55. The molecule has 0 saturated heterocycles. The molecule has 28 heavy (non-hydrogen) atoms. The first-order chi connectivity index (χ1) is 13.6. The molecule has 4 nitrogen and oxygen atoms in total. The van der Waals surface area contributed by atoms with Gasteiger partial charge in [-0.05, 0) is 60.4 Å². The molecule has 1 aliphatic carbocycles. The fourth-order valence-electron chi connectivity index (χ4n) is 2.85. The van der Waals surface area contributed by atoms with E-state index in [-0.39, 0.29) is 17.7 Å². The molecule has 1 fully saturated rings. The van der Waals surface area contributed by atoms with Crippen LogP contribution in [0.2, 0.25) is 5.02 Å². The lowest BCUT2D eigenvalue weighted by atomic mass is 10.2. The summed E-state index contributed by atoms with van der Waals surface area (Å²) < 4.78 is 0. The van der Waals surface area contributed by atoms with Crippen LogP contribution in [0.1, 0.15) is 28.1 Å². The van der Waals surface area contributed by atoms with E-state index in [9.17, 15) is 9.59 Å². The van der Waals surface area contributed by atoms with Gasteiger partial charge in [-0.25, -0.2) is 0 Å². The number of hydrogen-bond acceptors (Lipinski definition) is 3. The molecule has 1 aliphatic rings. The topological polar surface area (TPSA) is 58.2 Å². The third kappa shape index (κ3) is 4.61. The minimum absolute atomic E-state index is 0.0782. The SMILES string of the molecule is O=C(NCc1cccc(NC(=O)C2CC2)c1)c1ccc(-c2ccc(Cl)cc2)s1. The summed E-state index contributed by atoms with van der Waals surface area (Å²) in [6, 6.07) is 18.9. The Morgan fingerprint density at radius 3 is 2.57 bits per heavy atom. The highest BCUT2D eigenvalue weighted by Crippen LogP contribution is 2.30. The van der Waals surface area contributed by atoms with Gasteiger partial charge in [-0.3, -0.25) is 9.59 Å². The molecule has 142 valence electrons. The van der Waals surface area contributed by atoms with E-state index >= 15 is 0 Å². The molecular formula is C22H19ClN2O2S. The summed E-state index contributed by atoms with van der Waals surface area (Å²) in [4.78, 5) is 26.0. The lowest BCUT2D eigenvalue weighted by molar-refractivity contribution is -0.117. The van der Waals surface area contributed by atoms with E-state index in [1.54, 1.807) is 0 Å². The number of amides is 2. The van der Waals surface area contributed by atoms with Crippen molar-refractivity contribution in [1.29, 1.82) is 0 Å². The number of nitrogens with one attached hydrogen (secondary N) is 2. The Morgan fingerprint density at radius 1 is 1.04 bits per heavy atom. The van der Waals surface area contributed by atoms with Crippen LogP contribution < -0.4 is 10.6 Å². The summed E-state index contributed by atoms with van der Waals surface area (Å²) in [5.74, 6) is 0.129. The number of benzene rings is 2. The molecule has 0 spiro atoms. The molecular weight excluding hydrogens is 392 g/mol. The van der Waals surface area contributed by atoms with Crippen molar-refractivity contribution in [2.75, 3.05) is 5.32 Å². The van der Waals surface area contributed by atoms with Crippen molar-refractivity contribution in [3.8, 4) is 10.4 Å². The van der Waals surface area contributed by atoms with Crippen molar-refractivity contribution < 1.29 is 9.59 Å². The molecule has 1 aromatic heterocycles. The van der Waals surface area contributed by atoms with Crippen LogP contribution in [-0.4, -0.2) is 11.8 Å². The summed E-state index contributed by atoms with van der Waals surface area (Å²) >= 11 is 7.37. The van der Waals surface area contributed by atoms with Gasteiger partial charge in [0.2, 0.25) is 5.91 Å². The number of carbonyl (C=O) groups is 2. The van der Waals surface area contributed by atoms with Crippen LogP contribution in [0.25, 0.3) is 10.4 Å². The lowest BCUT2D eigenvalue weighted by Crippen LogP contribution is -2.22. The normalized spacial score (nSPS) is 13.2. The van der Waals surface area contributed by atoms with E-state index in [2.05, 4.69) is 10.6 Å². The highest BCUT2D eigenvalue weighted by atomic mass is 35.5. The van der Waals surface area contributed by atoms with Gasteiger partial charge in [0.15, 0.2) is 0 Å². The first-order valence-corrected chi connectivity index (χ1v) is 10.3. The monoisotopic (exact) mass is 410 g/mol. The zero-order chi connectivity index (χ0) is 19.5. The van der Waals surface area contributed by atoms with Crippen LogP contribution in [0.15, 0.2) is 60.7 Å². The van der Waals surface area contributed by atoms with Gasteiger partial charge in [-0.2, -0.15) is 0 Å². The maximum absolute atomic E-state index is 12.5. The Balaban J connectivity index is 1.36. The van der Waals surface area contributed by atoms with Crippen molar-refractivity contribution in [2.45, 2.75) is 19.4 Å². The Hall–Kier alpha value is -2.63. The molecule has 0 bridgehead atoms. The van der Waals surface area contributed by atoms with Crippen molar-refractivity contribution >= 4 is 40.4 Å². The van der Waals surface area contributed by atoms with Crippen LogP contribution in [0.5, 0.6) is 0 Å². The van der Waals surface area contributed by atoms with Gasteiger partial charge in [-0.15, -0.1) is 11.3 Å². The number of rotatable bonds is 6. The summed E-state index contributed by atoms with van der Waals surface area (Å²) in [7, 11) is 0. The number of thiophene rings is 1. The van der Waals surface area contributed by atoms with E-state index in [1.807, 2.05) is 60.7 Å². The zero-order valence-electron chi connectivity index (χ0n) is 15.1. The molecule has 1 saturated carbocycles. The molecule has 0 aliphatic heterocycles. The molecule has 2 N–H and O–H groups in total. The van der Waals surface area contributed by atoms with E-state index in [0.29, 0.717) is 16.4 Å². The van der Waals surface area contributed by atoms with E-state index in [1.165, 1.54) is 11.3 Å². The van der Waals surface area contributed by atoms with Crippen LogP contribution in [0, 0.1) is 5.92 Å². The standard InChI is InChI=1S/C22H19ClN2O2S/c23-17-8-6-15(7-9-17)19-10-11-20(28-19)22(27)24-13-14-2-1-3-18(12-14)25-21(26)16-4-5-16/h1-3,6-12,16H,4-5,13H2,(H,24,27)(H,25,26). The number of carbonyl (C=O) groups excluding carboxylic acids is 2. The predicted octanol–water partition coefficient (Wildman–Crippen LogP) is 5.35. The number of anilines is 1. The van der Waals surface area contributed by atoms with Crippen molar-refractivity contribution in [2.24, 2.45) is 5.92 Å². The van der Waals surface area contributed by atoms with Gasteiger partial charge < -0.3 is 10.6 Å². The van der Waals surface area contributed by atoms with Crippen LogP contribution in [-0.2, 0) is 11.3 Å². The highest BCUT2D eigenvalue weighted by Gasteiger charge is 2.29. The zero-order valence-corrected chi connectivity index (χ0v) is 16.6.